The van der Waals surface area contributed by atoms with Crippen molar-refractivity contribution in [2.75, 3.05) is 13.7 Å². The first kappa shape index (κ1) is 14.2. The van der Waals surface area contributed by atoms with Crippen molar-refractivity contribution in [2.24, 2.45) is 0 Å². The van der Waals surface area contributed by atoms with Crippen molar-refractivity contribution in [3.8, 4) is 5.75 Å². The van der Waals surface area contributed by atoms with E-state index in [1.165, 1.54) is 7.11 Å². The minimum atomic E-state index is -0.973. The molecule has 4 heteroatoms. The minimum Gasteiger partial charge on any atom is -0.496 e. The number of carbonyl (C=O) groups excluding carboxylic acids is 2. The van der Waals surface area contributed by atoms with E-state index in [2.05, 4.69) is 0 Å². The Kier molecular flexibility index (Phi) is 4.48. The van der Waals surface area contributed by atoms with Crippen molar-refractivity contribution in [2.45, 2.75) is 26.2 Å². The maximum absolute atomic E-state index is 12.1. The van der Waals surface area contributed by atoms with Gasteiger partial charge < -0.3 is 9.47 Å². The Hall–Kier alpha value is -1.84. The fourth-order valence-electron chi connectivity index (χ4n) is 1.74. The molecular formula is C14H18O4. The third-order valence-corrected chi connectivity index (χ3v) is 2.81. The van der Waals surface area contributed by atoms with Gasteiger partial charge in [0.25, 0.3) is 0 Å². The summed E-state index contributed by atoms with van der Waals surface area (Å²) < 4.78 is 9.97. The zero-order valence-corrected chi connectivity index (χ0v) is 11.1. The molecule has 1 aromatic rings. The van der Waals surface area contributed by atoms with Gasteiger partial charge in [-0.1, -0.05) is 18.2 Å². The van der Waals surface area contributed by atoms with Gasteiger partial charge in [0.2, 0.25) is 5.78 Å². The van der Waals surface area contributed by atoms with Crippen LogP contribution in [0.15, 0.2) is 24.3 Å². The molecular weight excluding hydrogens is 232 g/mol. The number of hydrogen-bond donors (Lipinski definition) is 0. The van der Waals surface area contributed by atoms with Gasteiger partial charge in [0, 0.05) is 5.56 Å². The number of Topliss-reactive ketones (excluding diaryl/α,β-unsaturated/α-hetero) is 1. The lowest BCUT2D eigenvalue weighted by molar-refractivity contribution is -0.155. The van der Waals surface area contributed by atoms with Gasteiger partial charge >= 0.3 is 5.97 Å². The van der Waals surface area contributed by atoms with Crippen LogP contribution in [0.5, 0.6) is 5.75 Å². The van der Waals surface area contributed by atoms with Gasteiger partial charge in [0.1, 0.15) is 5.75 Å². The third-order valence-electron chi connectivity index (χ3n) is 2.81. The van der Waals surface area contributed by atoms with Gasteiger partial charge in [-0.05, 0) is 26.8 Å². The molecule has 0 amide bonds. The third kappa shape index (κ3) is 2.70. The Morgan fingerprint density at radius 3 is 2.39 bits per heavy atom. The number of ketones is 1. The summed E-state index contributed by atoms with van der Waals surface area (Å²) >= 11 is 0. The number of benzene rings is 1. The van der Waals surface area contributed by atoms with E-state index < -0.39 is 17.2 Å². The van der Waals surface area contributed by atoms with Crippen LogP contribution in [0.1, 0.15) is 26.3 Å². The first-order chi connectivity index (χ1) is 8.45. The van der Waals surface area contributed by atoms with Crippen LogP contribution in [0.2, 0.25) is 0 Å². The molecule has 0 atom stereocenters. The quantitative estimate of drug-likeness (QED) is 0.593. The van der Waals surface area contributed by atoms with E-state index in [4.69, 9.17) is 9.47 Å². The van der Waals surface area contributed by atoms with Crippen molar-refractivity contribution >= 4 is 11.8 Å². The van der Waals surface area contributed by atoms with Gasteiger partial charge in [-0.25, -0.2) is 4.79 Å². The average Bonchev–Trinajstić information content (AvgIpc) is 2.38. The zero-order valence-electron chi connectivity index (χ0n) is 11.1. The van der Waals surface area contributed by atoms with Gasteiger partial charge in [0.05, 0.1) is 19.1 Å². The van der Waals surface area contributed by atoms with E-state index in [9.17, 15) is 9.59 Å². The Morgan fingerprint density at radius 2 is 1.83 bits per heavy atom. The summed E-state index contributed by atoms with van der Waals surface area (Å²) in [6.45, 7) is 5.22. The van der Waals surface area contributed by atoms with E-state index in [-0.39, 0.29) is 6.61 Å². The largest absolute Gasteiger partial charge is 0.496 e. The Labute approximate surface area is 107 Å². The molecule has 0 unspecified atom stereocenters. The van der Waals surface area contributed by atoms with Crippen molar-refractivity contribution in [3.63, 3.8) is 0 Å². The molecule has 0 fully saturated rings. The van der Waals surface area contributed by atoms with Crippen LogP contribution in [-0.4, -0.2) is 25.5 Å². The van der Waals surface area contributed by atoms with Gasteiger partial charge in [0.15, 0.2) is 0 Å². The standard InChI is InChI=1S/C14H18O4/c1-5-18-13(16)12(15)14(2,3)10-8-6-7-9-11(10)17-4/h6-9H,5H2,1-4H3. The molecule has 0 aliphatic carbocycles. The monoisotopic (exact) mass is 250 g/mol. The molecule has 0 heterocycles. The SMILES string of the molecule is CCOC(=O)C(=O)C(C)(C)c1ccccc1OC. The summed E-state index contributed by atoms with van der Waals surface area (Å²) in [5, 5.41) is 0. The highest BCUT2D eigenvalue weighted by Crippen LogP contribution is 2.32. The maximum Gasteiger partial charge on any atom is 0.375 e. The maximum atomic E-state index is 12.1. The number of carbonyl (C=O) groups is 2. The van der Waals surface area contributed by atoms with Crippen molar-refractivity contribution in [1.82, 2.24) is 0 Å². The summed E-state index contributed by atoms with van der Waals surface area (Å²) in [4.78, 5) is 23.6. The fraction of sp³-hybridized carbons (Fsp3) is 0.429. The molecule has 0 aliphatic heterocycles. The van der Waals surface area contributed by atoms with E-state index in [0.717, 1.165) is 0 Å². The molecule has 0 aromatic heterocycles. The van der Waals surface area contributed by atoms with Crippen LogP contribution >= 0.6 is 0 Å². The van der Waals surface area contributed by atoms with Crippen LogP contribution in [0, 0.1) is 0 Å². The van der Waals surface area contributed by atoms with Crippen molar-refractivity contribution in [3.05, 3.63) is 29.8 Å². The van der Waals surface area contributed by atoms with Gasteiger partial charge in [-0.2, -0.15) is 0 Å². The molecule has 0 saturated heterocycles. The lowest BCUT2D eigenvalue weighted by Crippen LogP contribution is -2.36. The Balaban J connectivity index is 3.12. The molecule has 4 nitrogen and oxygen atoms in total. The van der Waals surface area contributed by atoms with Gasteiger partial charge in [-0.3, -0.25) is 4.79 Å². The summed E-state index contributed by atoms with van der Waals surface area (Å²) in [5.74, 6) is -0.803. The highest BCUT2D eigenvalue weighted by molar-refractivity contribution is 6.37. The molecule has 18 heavy (non-hydrogen) atoms. The van der Waals surface area contributed by atoms with Crippen LogP contribution in [0.3, 0.4) is 0 Å². The summed E-state index contributed by atoms with van der Waals surface area (Å²) in [6, 6.07) is 7.15. The second-order valence-electron chi connectivity index (χ2n) is 4.37. The van der Waals surface area contributed by atoms with E-state index in [1.807, 2.05) is 6.07 Å². The topological polar surface area (TPSA) is 52.6 Å². The predicted octanol–water partition coefficient (Wildman–Crippen LogP) is 2.10. The minimum absolute atomic E-state index is 0.187. The number of rotatable bonds is 5. The summed E-state index contributed by atoms with van der Waals surface area (Å²) in [7, 11) is 1.53. The molecule has 0 N–H and O–H groups in total. The highest BCUT2D eigenvalue weighted by Gasteiger charge is 2.37. The van der Waals surface area contributed by atoms with Crippen LogP contribution in [-0.2, 0) is 19.7 Å². The Morgan fingerprint density at radius 1 is 1.22 bits per heavy atom. The van der Waals surface area contributed by atoms with Crippen LogP contribution in [0.25, 0.3) is 0 Å². The van der Waals surface area contributed by atoms with E-state index >= 15 is 0 Å². The van der Waals surface area contributed by atoms with Crippen molar-refractivity contribution in [1.29, 1.82) is 0 Å². The molecule has 0 spiro atoms. The second-order valence-corrected chi connectivity index (χ2v) is 4.37. The molecule has 0 saturated carbocycles. The second kappa shape index (κ2) is 5.67. The highest BCUT2D eigenvalue weighted by atomic mass is 16.5. The summed E-state index contributed by atoms with van der Waals surface area (Å²) in [5.41, 5.74) is -0.302. The Bertz CT molecular complexity index is 449. The first-order valence-corrected chi connectivity index (χ1v) is 5.80. The van der Waals surface area contributed by atoms with E-state index in [0.29, 0.717) is 11.3 Å². The smallest absolute Gasteiger partial charge is 0.375 e. The lowest BCUT2D eigenvalue weighted by atomic mass is 9.80. The number of para-hydroxylation sites is 1. The first-order valence-electron chi connectivity index (χ1n) is 5.80. The average molecular weight is 250 g/mol. The molecule has 0 aliphatic rings. The lowest BCUT2D eigenvalue weighted by Gasteiger charge is -2.24. The number of esters is 1. The molecule has 0 radical (unpaired) electrons. The van der Waals surface area contributed by atoms with E-state index in [1.54, 1.807) is 39.0 Å². The normalized spacial score (nSPS) is 10.9. The molecule has 98 valence electrons. The molecule has 1 rings (SSSR count). The number of ether oxygens (including phenoxy) is 2. The molecule has 1 aromatic carbocycles. The van der Waals surface area contributed by atoms with Crippen LogP contribution in [0.4, 0.5) is 0 Å². The van der Waals surface area contributed by atoms with Crippen LogP contribution < -0.4 is 4.74 Å². The summed E-state index contributed by atoms with van der Waals surface area (Å²) in [6.07, 6.45) is 0. The fourth-order valence-corrected chi connectivity index (χ4v) is 1.74. The van der Waals surface area contributed by atoms with Gasteiger partial charge in [-0.15, -0.1) is 0 Å². The predicted molar refractivity (Wildman–Crippen MR) is 67.7 cm³/mol. The number of methoxy groups -OCH3 is 1. The zero-order chi connectivity index (χ0) is 13.8. The number of hydrogen-bond acceptors (Lipinski definition) is 4. The molecule has 0 bridgehead atoms. The van der Waals surface area contributed by atoms with Crippen molar-refractivity contribution < 1.29 is 19.1 Å².